The Balaban J connectivity index is 1.22. The molecule has 0 radical (unpaired) electrons. The van der Waals surface area contributed by atoms with Gasteiger partial charge in [-0.25, -0.2) is 14.5 Å². The quantitative estimate of drug-likeness (QED) is 0.311. The summed E-state index contributed by atoms with van der Waals surface area (Å²) in [5, 5.41) is 6.78. The fourth-order valence-electron chi connectivity index (χ4n) is 4.30. The van der Waals surface area contributed by atoms with Crippen molar-refractivity contribution in [2.45, 2.75) is 0 Å². The topological polar surface area (TPSA) is 119 Å². The van der Waals surface area contributed by atoms with Crippen molar-refractivity contribution in [3.05, 3.63) is 113 Å². The third-order valence-corrected chi connectivity index (χ3v) is 5.99. The molecule has 0 fully saturated rings. The second-order valence-corrected chi connectivity index (χ2v) is 8.50. The number of nitrogens with zero attached hydrogens (tertiary/aromatic N) is 2. The monoisotopic (exact) mass is 504 g/mol. The molecule has 9 nitrogen and oxygen atoms in total. The van der Waals surface area contributed by atoms with Crippen molar-refractivity contribution in [1.29, 1.82) is 0 Å². The fraction of sp³-hybridized carbons (Fsp3) is 0.0345. The van der Waals surface area contributed by atoms with Gasteiger partial charge in [-0.2, -0.15) is 0 Å². The highest BCUT2D eigenvalue weighted by atomic mass is 16.5. The zero-order chi connectivity index (χ0) is 26.1. The molecule has 9 heteroatoms. The number of aromatic amines is 1. The largest absolute Gasteiger partial charge is 0.452 e. The van der Waals surface area contributed by atoms with Crippen molar-refractivity contribution in [3.8, 4) is 17.1 Å². The molecule has 6 rings (SSSR count). The molecular weight excluding hydrogens is 484 g/mol. The van der Waals surface area contributed by atoms with Crippen LogP contribution in [0.4, 0.5) is 5.82 Å². The number of hydrogen-bond donors (Lipinski definition) is 2. The number of para-hydroxylation sites is 3. The third-order valence-electron chi connectivity index (χ3n) is 5.99. The second kappa shape index (κ2) is 9.55. The molecule has 0 aliphatic rings. The van der Waals surface area contributed by atoms with E-state index in [-0.39, 0.29) is 16.9 Å². The summed E-state index contributed by atoms with van der Waals surface area (Å²) in [5.74, 6) is -0.714. The Bertz CT molecular complexity index is 1830. The van der Waals surface area contributed by atoms with Gasteiger partial charge in [-0.1, -0.05) is 54.6 Å². The van der Waals surface area contributed by atoms with Crippen LogP contribution < -0.4 is 10.9 Å². The van der Waals surface area contributed by atoms with Crippen LogP contribution in [0.1, 0.15) is 10.4 Å². The first-order chi connectivity index (χ1) is 18.6. The Hall–Kier alpha value is -5.44. The average Bonchev–Trinajstić information content (AvgIpc) is 3.54. The number of H-pyrrole nitrogens is 1. The summed E-state index contributed by atoms with van der Waals surface area (Å²) in [5.41, 5.74) is 2.53. The molecule has 38 heavy (non-hydrogen) atoms. The first-order valence-corrected chi connectivity index (χ1v) is 11.8. The van der Waals surface area contributed by atoms with Crippen molar-refractivity contribution < 1.29 is 18.7 Å². The first kappa shape index (κ1) is 23.0. The van der Waals surface area contributed by atoms with E-state index in [1.807, 2.05) is 54.6 Å². The normalized spacial score (nSPS) is 11.1. The van der Waals surface area contributed by atoms with Crippen LogP contribution in [0.3, 0.4) is 0 Å². The number of ether oxygens (including phenoxy) is 1. The van der Waals surface area contributed by atoms with Crippen LogP contribution in [-0.2, 0) is 9.53 Å². The number of hydrogen-bond acceptors (Lipinski definition) is 6. The standard InChI is InChI=1S/C29H20N4O5/c34-25(31-24-16-26(35)33(32-24)19-10-2-1-3-11-19)17-37-29(36)21-13-7-9-18-8-6-12-20(27(18)21)28-30-22-14-4-5-15-23(22)38-28/h1-16,32H,17H2,(H,31,34). The Morgan fingerprint density at radius 2 is 1.68 bits per heavy atom. The van der Waals surface area contributed by atoms with Gasteiger partial charge in [0.1, 0.15) is 11.3 Å². The molecule has 0 saturated heterocycles. The number of benzene rings is 4. The molecule has 0 bridgehead atoms. The third kappa shape index (κ3) is 4.33. The first-order valence-electron chi connectivity index (χ1n) is 11.8. The summed E-state index contributed by atoms with van der Waals surface area (Å²) >= 11 is 0. The highest BCUT2D eigenvalue weighted by Crippen LogP contribution is 2.33. The lowest BCUT2D eigenvalue weighted by atomic mass is 9.99. The van der Waals surface area contributed by atoms with Crippen molar-refractivity contribution in [1.82, 2.24) is 14.8 Å². The van der Waals surface area contributed by atoms with E-state index in [9.17, 15) is 14.4 Å². The number of carbonyl (C=O) groups excluding carboxylic acids is 2. The van der Waals surface area contributed by atoms with Crippen LogP contribution in [0, 0.1) is 0 Å². The summed E-state index contributed by atoms with van der Waals surface area (Å²) in [4.78, 5) is 42.5. The smallest absolute Gasteiger partial charge is 0.339 e. The SMILES string of the molecule is O=C(COC(=O)c1cccc2cccc(-c3nc4ccccc4o3)c12)Nc1cc(=O)n(-c2ccccc2)[nH]1. The van der Waals surface area contributed by atoms with Gasteiger partial charge in [0, 0.05) is 17.0 Å². The van der Waals surface area contributed by atoms with Gasteiger partial charge >= 0.3 is 5.97 Å². The molecule has 2 N–H and O–H groups in total. The maximum Gasteiger partial charge on any atom is 0.339 e. The predicted molar refractivity (Wildman–Crippen MR) is 142 cm³/mol. The van der Waals surface area contributed by atoms with E-state index in [4.69, 9.17) is 9.15 Å². The van der Waals surface area contributed by atoms with Gasteiger partial charge in [0.15, 0.2) is 12.2 Å². The highest BCUT2D eigenvalue weighted by Gasteiger charge is 2.19. The zero-order valence-corrected chi connectivity index (χ0v) is 19.9. The lowest BCUT2D eigenvalue weighted by Crippen LogP contribution is -2.21. The van der Waals surface area contributed by atoms with E-state index in [1.54, 1.807) is 36.4 Å². The van der Waals surface area contributed by atoms with Crippen LogP contribution in [0.25, 0.3) is 39.0 Å². The van der Waals surface area contributed by atoms with Crippen LogP contribution in [0.2, 0.25) is 0 Å². The van der Waals surface area contributed by atoms with E-state index < -0.39 is 18.5 Å². The van der Waals surface area contributed by atoms with Gasteiger partial charge in [-0.15, -0.1) is 0 Å². The van der Waals surface area contributed by atoms with Gasteiger partial charge in [0.25, 0.3) is 11.5 Å². The minimum absolute atomic E-state index is 0.184. The molecule has 0 unspecified atom stereocenters. The molecule has 186 valence electrons. The molecule has 4 aromatic carbocycles. The summed E-state index contributed by atoms with van der Waals surface area (Å²) in [6, 6.07) is 28.4. The molecule has 2 heterocycles. The van der Waals surface area contributed by atoms with E-state index in [1.165, 1.54) is 10.7 Å². The maximum atomic E-state index is 13.1. The lowest BCUT2D eigenvalue weighted by molar-refractivity contribution is -0.119. The lowest BCUT2D eigenvalue weighted by Gasteiger charge is -2.10. The fourth-order valence-corrected chi connectivity index (χ4v) is 4.30. The number of esters is 1. The van der Waals surface area contributed by atoms with Crippen LogP contribution in [0.15, 0.2) is 106 Å². The Kier molecular flexibility index (Phi) is 5.78. The molecule has 0 saturated carbocycles. The average molecular weight is 505 g/mol. The van der Waals surface area contributed by atoms with Gasteiger partial charge in [0.05, 0.1) is 11.3 Å². The van der Waals surface area contributed by atoms with Gasteiger partial charge < -0.3 is 14.5 Å². The van der Waals surface area contributed by atoms with E-state index in [0.29, 0.717) is 33.6 Å². The number of oxazole rings is 1. The van der Waals surface area contributed by atoms with Gasteiger partial charge in [0.2, 0.25) is 5.89 Å². The summed E-state index contributed by atoms with van der Waals surface area (Å²) in [6.07, 6.45) is 0. The van der Waals surface area contributed by atoms with E-state index in [2.05, 4.69) is 15.4 Å². The Morgan fingerprint density at radius 1 is 0.921 bits per heavy atom. The highest BCUT2D eigenvalue weighted by molar-refractivity contribution is 6.10. The summed E-state index contributed by atoms with van der Waals surface area (Å²) in [6.45, 7) is -0.543. The number of anilines is 1. The summed E-state index contributed by atoms with van der Waals surface area (Å²) < 4.78 is 12.6. The predicted octanol–water partition coefficient (Wildman–Crippen LogP) is 4.92. The molecule has 1 amide bonds. The van der Waals surface area contributed by atoms with E-state index in [0.717, 1.165) is 5.39 Å². The number of fused-ring (bicyclic) bond motifs is 2. The van der Waals surface area contributed by atoms with Gasteiger partial charge in [-0.3, -0.25) is 14.7 Å². The Labute approximate surface area is 215 Å². The van der Waals surface area contributed by atoms with Crippen molar-refractivity contribution in [2.75, 3.05) is 11.9 Å². The molecule has 0 aliphatic carbocycles. The van der Waals surface area contributed by atoms with Crippen molar-refractivity contribution >= 4 is 39.6 Å². The minimum Gasteiger partial charge on any atom is -0.452 e. The molecule has 0 spiro atoms. The zero-order valence-electron chi connectivity index (χ0n) is 19.9. The van der Waals surface area contributed by atoms with E-state index >= 15 is 0 Å². The number of nitrogens with one attached hydrogen (secondary N) is 2. The molecule has 6 aromatic rings. The Morgan fingerprint density at radius 3 is 2.50 bits per heavy atom. The number of carbonyl (C=O) groups is 2. The molecule has 0 aliphatic heterocycles. The summed E-state index contributed by atoms with van der Waals surface area (Å²) in [7, 11) is 0. The maximum absolute atomic E-state index is 13.1. The second-order valence-electron chi connectivity index (χ2n) is 8.50. The van der Waals surface area contributed by atoms with Crippen LogP contribution in [-0.4, -0.2) is 33.2 Å². The van der Waals surface area contributed by atoms with Crippen LogP contribution >= 0.6 is 0 Å². The van der Waals surface area contributed by atoms with Gasteiger partial charge in [-0.05, 0) is 41.8 Å². The number of rotatable bonds is 6. The van der Waals surface area contributed by atoms with Crippen molar-refractivity contribution in [2.24, 2.45) is 0 Å². The van der Waals surface area contributed by atoms with Crippen molar-refractivity contribution in [3.63, 3.8) is 0 Å². The van der Waals surface area contributed by atoms with Crippen LogP contribution in [0.5, 0.6) is 0 Å². The number of amides is 1. The molecule has 0 atom stereocenters. The number of aromatic nitrogens is 3. The molecular formula is C29H20N4O5. The molecule has 2 aromatic heterocycles. The minimum atomic E-state index is -0.676.